The van der Waals surface area contributed by atoms with Gasteiger partial charge in [0.05, 0.1) is 11.7 Å². The monoisotopic (exact) mass is 200 g/mol. The first-order valence-electron chi connectivity index (χ1n) is 3.20. The standard InChI is InChI=1S/C6H4N4O2.ClH/c11-5-4-3(1-7-2-8-4)9-6(12)10-5;/h1-2H,(H2,9,10,11,12);1H. The molecule has 2 heterocycles. The Balaban J connectivity index is 0.000000845. The minimum Gasteiger partial charge on any atom is -0.304 e. The van der Waals surface area contributed by atoms with Crippen molar-refractivity contribution in [3.63, 3.8) is 0 Å². The molecule has 0 aromatic carbocycles. The van der Waals surface area contributed by atoms with Crippen LogP contribution in [0.2, 0.25) is 0 Å². The number of hydrogen-bond acceptors (Lipinski definition) is 4. The molecule has 0 bridgehead atoms. The van der Waals surface area contributed by atoms with Crippen LogP contribution in [0.4, 0.5) is 0 Å². The van der Waals surface area contributed by atoms with Crippen LogP contribution in [-0.4, -0.2) is 19.9 Å². The Morgan fingerprint density at radius 1 is 1.23 bits per heavy atom. The SMILES string of the molecule is Cl.O=c1[nH]c(=O)c2ncncc2[nH]1. The van der Waals surface area contributed by atoms with Gasteiger partial charge in [0, 0.05) is 0 Å². The van der Waals surface area contributed by atoms with E-state index in [0.29, 0.717) is 5.52 Å². The molecule has 0 aliphatic rings. The van der Waals surface area contributed by atoms with Crippen molar-refractivity contribution in [2.24, 2.45) is 0 Å². The quantitative estimate of drug-likeness (QED) is 0.596. The molecule has 0 amide bonds. The molecule has 0 saturated carbocycles. The summed E-state index contributed by atoms with van der Waals surface area (Å²) in [4.78, 5) is 33.6. The van der Waals surface area contributed by atoms with Gasteiger partial charge in [0.1, 0.15) is 6.33 Å². The van der Waals surface area contributed by atoms with Crippen molar-refractivity contribution in [1.82, 2.24) is 19.9 Å². The Morgan fingerprint density at radius 2 is 2.00 bits per heavy atom. The lowest BCUT2D eigenvalue weighted by molar-refractivity contribution is 1.05. The van der Waals surface area contributed by atoms with E-state index in [9.17, 15) is 9.59 Å². The van der Waals surface area contributed by atoms with Crippen LogP contribution in [0.15, 0.2) is 22.1 Å². The Kier molecular flexibility index (Phi) is 2.43. The van der Waals surface area contributed by atoms with Gasteiger partial charge >= 0.3 is 5.69 Å². The van der Waals surface area contributed by atoms with Gasteiger partial charge in [0.15, 0.2) is 5.52 Å². The number of rotatable bonds is 0. The van der Waals surface area contributed by atoms with Crippen LogP contribution in [0, 0.1) is 0 Å². The van der Waals surface area contributed by atoms with E-state index in [1.165, 1.54) is 12.5 Å². The normalized spacial score (nSPS) is 9.54. The molecule has 0 atom stereocenters. The van der Waals surface area contributed by atoms with Crippen molar-refractivity contribution in [2.45, 2.75) is 0 Å². The van der Waals surface area contributed by atoms with Crippen LogP contribution < -0.4 is 11.2 Å². The topological polar surface area (TPSA) is 91.5 Å². The molecule has 7 heteroatoms. The number of fused-ring (bicyclic) bond motifs is 1. The highest BCUT2D eigenvalue weighted by Gasteiger charge is 1.99. The third-order valence-corrected chi connectivity index (χ3v) is 1.40. The second-order valence-corrected chi connectivity index (χ2v) is 2.19. The highest BCUT2D eigenvalue weighted by atomic mass is 35.5. The summed E-state index contributed by atoms with van der Waals surface area (Å²) in [7, 11) is 0. The van der Waals surface area contributed by atoms with Gasteiger partial charge in [0.25, 0.3) is 5.56 Å². The first-order valence-corrected chi connectivity index (χ1v) is 3.20. The van der Waals surface area contributed by atoms with Gasteiger partial charge in [-0.15, -0.1) is 12.4 Å². The van der Waals surface area contributed by atoms with Gasteiger partial charge in [-0.3, -0.25) is 9.78 Å². The molecular formula is C6H5ClN4O2. The second-order valence-electron chi connectivity index (χ2n) is 2.19. The van der Waals surface area contributed by atoms with E-state index in [0.717, 1.165) is 0 Å². The average molecular weight is 201 g/mol. The summed E-state index contributed by atoms with van der Waals surface area (Å²) in [6, 6.07) is 0. The number of aromatic amines is 2. The molecule has 0 unspecified atom stereocenters. The van der Waals surface area contributed by atoms with Gasteiger partial charge < -0.3 is 4.98 Å². The highest BCUT2D eigenvalue weighted by molar-refractivity contribution is 5.85. The molecule has 6 nitrogen and oxygen atoms in total. The average Bonchev–Trinajstić information content (AvgIpc) is 2.04. The zero-order valence-electron chi connectivity index (χ0n) is 6.27. The van der Waals surface area contributed by atoms with Gasteiger partial charge in [-0.25, -0.2) is 14.8 Å². The Hall–Kier alpha value is -1.69. The molecule has 13 heavy (non-hydrogen) atoms. The van der Waals surface area contributed by atoms with Gasteiger partial charge in [-0.2, -0.15) is 0 Å². The van der Waals surface area contributed by atoms with Gasteiger partial charge in [0.2, 0.25) is 0 Å². The van der Waals surface area contributed by atoms with E-state index >= 15 is 0 Å². The Morgan fingerprint density at radius 3 is 2.77 bits per heavy atom. The molecular weight excluding hydrogens is 196 g/mol. The highest BCUT2D eigenvalue weighted by Crippen LogP contribution is 1.93. The summed E-state index contributed by atoms with van der Waals surface area (Å²) >= 11 is 0. The third kappa shape index (κ3) is 1.57. The van der Waals surface area contributed by atoms with Crippen LogP contribution in [-0.2, 0) is 0 Å². The molecule has 2 N–H and O–H groups in total. The fourth-order valence-electron chi connectivity index (χ4n) is 0.918. The summed E-state index contributed by atoms with van der Waals surface area (Å²) in [5.74, 6) is 0. The molecule has 0 saturated heterocycles. The maximum absolute atomic E-state index is 11.0. The van der Waals surface area contributed by atoms with Gasteiger partial charge in [-0.05, 0) is 0 Å². The minimum atomic E-state index is -0.553. The number of nitrogens with zero attached hydrogens (tertiary/aromatic N) is 2. The summed E-state index contributed by atoms with van der Waals surface area (Å²) in [5.41, 5.74) is -0.533. The molecule has 0 spiro atoms. The van der Waals surface area contributed by atoms with E-state index in [-0.39, 0.29) is 17.9 Å². The fourth-order valence-corrected chi connectivity index (χ4v) is 0.918. The Labute approximate surface area is 77.5 Å². The first-order chi connectivity index (χ1) is 5.77. The van der Waals surface area contributed by atoms with E-state index < -0.39 is 11.2 Å². The predicted octanol–water partition coefficient (Wildman–Crippen LogP) is -0.572. The molecule has 2 aromatic heterocycles. The molecule has 2 rings (SSSR count). The molecule has 0 fully saturated rings. The largest absolute Gasteiger partial charge is 0.326 e. The second kappa shape index (κ2) is 3.36. The fraction of sp³-hybridized carbons (Fsp3) is 0. The lowest BCUT2D eigenvalue weighted by Gasteiger charge is -1.91. The number of nitrogens with one attached hydrogen (secondary N) is 2. The number of H-pyrrole nitrogens is 2. The van der Waals surface area contributed by atoms with Crippen LogP contribution in [0.25, 0.3) is 11.0 Å². The van der Waals surface area contributed by atoms with Crippen LogP contribution in [0.1, 0.15) is 0 Å². The summed E-state index contributed by atoms with van der Waals surface area (Å²) in [6.45, 7) is 0. The van der Waals surface area contributed by atoms with Crippen molar-refractivity contribution in [2.75, 3.05) is 0 Å². The van der Waals surface area contributed by atoms with E-state index in [1.54, 1.807) is 0 Å². The zero-order valence-corrected chi connectivity index (χ0v) is 7.09. The number of halogens is 1. The molecule has 2 aromatic rings. The van der Waals surface area contributed by atoms with E-state index in [2.05, 4.69) is 19.9 Å². The lowest BCUT2D eigenvalue weighted by atomic mass is 10.4. The summed E-state index contributed by atoms with van der Waals surface area (Å²) in [6.07, 6.45) is 2.62. The summed E-state index contributed by atoms with van der Waals surface area (Å²) < 4.78 is 0. The van der Waals surface area contributed by atoms with Crippen molar-refractivity contribution in [3.05, 3.63) is 33.4 Å². The molecule has 0 aliphatic carbocycles. The first kappa shape index (κ1) is 9.40. The maximum Gasteiger partial charge on any atom is 0.326 e. The smallest absolute Gasteiger partial charge is 0.304 e. The lowest BCUT2D eigenvalue weighted by Crippen LogP contribution is -2.22. The predicted molar refractivity (Wildman–Crippen MR) is 48.0 cm³/mol. The van der Waals surface area contributed by atoms with E-state index in [1.807, 2.05) is 0 Å². The third-order valence-electron chi connectivity index (χ3n) is 1.40. The molecule has 68 valence electrons. The Bertz CT molecular complexity index is 532. The van der Waals surface area contributed by atoms with Crippen molar-refractivity contribution < 1.29 is 0 Å². The zero-order chi connectivity index (χ0) is 8.55. The van der Waals surface area contributed by atoms with Gasteiger partial charge in [-0.1, -0.05) is 0 Å². The maximum atomic E-state index is 11.0. The van der Waals surface area contributed by atoms with Crippen molar-refractivity contribution in [3.8, 4) is 0 Å². The van der Waals surface area contributed by atoms with Crippen molar-refractivity contribution in [1.29, 1.82) is 0 Å². The molecule has 0 aliphatic heterocycles. The minimum absolute atomic E-state index is 0. The molecule has 0 radical (unpaired) electrons. The van der Waals surface area contributed by atoms with E-state index in [4.69, 9.17) is 0 Å². The van der Waals surface area contributed by atoms with Crippen LogP contribution in [0.5, 0.6) is 0 Å². The number of hydrogen-bond donors (Lipinski definition) is 2. The van der Waals surface area contributed by atoms with Crippen LogP contribution >= 0.6 is 12.4 Å². The van der Waals surface area contributed by atoms with Crippen molar-refractivity contribution >= 4 is 23.4 Å². The number of aromatic nitrogens is 4. The van der Waals surface area contributed by atoms with Crippen LogP contribution in [0.3, 0.4) is 0 Å². The summed E-state index contributed by atoms with van der Waals surface area (Å²) in [5, 5.41) is 0.